The predicted octanol–water partition coefficient (Wildman–Crippen LogP) is 6.11. The maximum atomic E-state index is 5.95. The molecule has 0 aliphatic carbocycles. The van der Waals surface area contributed by atoms with Crippen molar-refractivity contribution in [2.24, 2.45) is 5.10 Å². The Morgan fingerprint density at radius 3 is 2.46 bits per heavy atom. The Kier molecular flexibility index (Phi) is 5.73. The monoisotopic (exact) mass is 498 g/mol. The summed E-state index contributed by atoms with van der Waals surface area (Å²) >= 11 is 7.15. The lowest BCUT2D eigenvalue weighted by Crippen LogP contribution is -1.98. The Morgan fingerprint density at radius 2 is 1.71 bits per heavy atom. The molecule has 4 aromatic rings. The van der Waals surface area contributed by atoms with E-state index in [1.807, 2.05) is 66.7 Å². The second-order valence-electron chi connectivity index (χ2n) is 6.06. The maximum Gasteiger partial charge on any atom is 0.222 e. The van der Waals surface area contributed by atoms with E-state index < -0.39 is 0 Å². The van der Waals surface area contributed by atoms with E-state index in [4.69, 9.17) is 4.74 Å². The number of halogens is 2. The van der Waals surface area contributed by atoms with Crippen LogP contribution in [0.1, 0.15) is 11.1 Å². The van der Waals surface area contributed by atoms with Crippen molar-refractivity contribution in [2.75, 3.05) is 5.43 Å². The normalized spacial score (nSPS) is 11.2. The number of anilines is 1. The minimum absolute atomic E-state index is 0.499. The van der Waals surface area contributed by atoms with Crippen molar-refractivity contribution in [3.05, 3.63) is 86.8 Å². The molecule has 140 valence electrons. The van der Waals surface area contributed by atoms with E-state index in [0.29, 0.717) is 12.6 Å². The first-order chi connectivity index (χ1) is 13.7. The average Bonchev–Trinajstić information content (AvgIpc) is 3.11. The second-order valence-corrected chi connectivity index (χ2v) is 7.77. The predicted molar refractivity (Wildman–Crippen MR) is 120 cm³/mol. The molecule has 1 aromatic heterocycles. The van der Waals surface area contributed by atoms with Gasteiger partial charge in [-0.1, -0.05) is 42.5 Å². The van der Waals surface area contributed by atoms with Gasteiger partial charge in [-0.25, -0.2) is 10.4 Å². The molecule has 2 N–H and O–H groups in total. The Balaban J connectivity index is 1.44. The van der Waals surface area contributed by atoms with E-state index in [0.717, 1.165) is 36.9 Å². The molecule has 0 saturated carbocycles. The molecule has 0 aliphatic heterocycles. The molecule has 1 heterocycles. The molecule has 4 rings (SSSR count). The summed E-state index contributed by atoms with van der Waals surface area (Å²) < 4.78 is 7.65. The molecule has 0 bridgehead atoms. The summed E-state index contributed by atoms with van der Waals surface area (Å²) in [7, 11) is 0. The number of hydrogen-bond donors (Lipinski definition) is 2. The van der Waals surface area contributed by atoms with Crippen LogP contribution in [0.4, 0.5) is 5.95 Å². The summed E-state index contributed by atoms with van der Waals surface area (Å²) in [6, 6.07) is 21.8. The number of ether oxygens (including phenoxy) is 1. The standard InChI is InChI=1S/C21H16Br2N4O/c22-16-10-15(11-17(23)20(16)28-13-14-6-2-1-3-7-14)12-24-27-21-25-18-8-4-5-9-19(18)26-21/h1-12H,13H2,(H2,25,26,27)/b24-12+. The zero-order valence-electron chi connectivity index (χ0n) is 14.7. The lowest BCUT2D eigenvalue weighted by Gasteiger charge is -2.11. The summed E-state index contributed by atoms with van der Waals surface area (Å²) in [5, 5.41) is 4.26. The van der Waals surface area contributed by atoms with Gasteiger partial charge in [0.2, 0.25) is 5.95 Å². The first-order valence-corrected chi connectivity index (χ1v) is 10.2. The van der Waals surface area contributed by atoms with Gasteiger partial charge in [-0.3, -0.25) is 0 Å². The fourth-order valence-corrected chi connectivity index (χ4v) is 4.15. The molecule has 0 saturated heterocycles. The highest BCUT2D eigenvalue weighted by Gasteiger charge is 2.09. The third-order valence-electron chi connectivity index (χ3n) is 4.02. The molecular weight excluding hydrogens is 484 g/mol. The molecular formula is C21H16Br2N4O. The van der Waals surface area contributed by atoms with E-state index in [1.54, 1.807) is 6.21 Å². The smallest absolute Gasteiger partial charge is 0.222 e. The van der Waals surface area contributed by atoms with Crippen molar-refractivity contribution in [3.8, 4) is 5.75 Å². The van der Waals surface area contributed by atoms with Crippen molar-refractivity contribution in [2.45, 2.75) is 6.61 Å². The largest absolute Gasteiger partial charge is 0.487 e. The number of hydrogen-bond acceptors (Lipinski definition) is 4. The van der Waals surface area contributed by atoms with Crippen LogP contribution in [0.15, 0.2) is 80.8 Å². The zero-order valence-corrected chi connectivity index (χ0v) is 17.9. The maximum absolute atomic E-state index is 5.95. The van der Waals surface area contributed by atoms with Crippen LogP contribution < -0.4 is 10.2 Å². The number of H-pyrrole nitrogens is 1. The lowest BCUT2D eigenvalue weighted by molar-refractivity contribution is 0.302. The minimum Gasteiger partial charge on any atom is -0.487 e. The van der Waals surface area contributed by atoms with E-state index in [-0.39, 0.29) is 0 Å². The topological polar surface area (TPSA) is 62.3 Å². The molecule has 0 unspecified atom stereocenters. The molecule has 3 aromatic carbocycles. The van der Waals surface area contributed by atoms with Crippen molar-refractivity contribution < 1.29 is 4.74 Å². The fraction of sp³-hybridized carbons (Fsp3) is 0.0476. The van der Waals surface area contributed by atoms with E-state index in [1.165, 1.54) is 0 Å². The van der Waals surface area contributed by atoms with E-state index in [2.05, 4.69) is 52.4 Å². The van der Waals surface area contributed by atoms with Crippen LogP contribution in [-0.2, 0) is 6.61 Å². The first kappa shape index (κ1) is 18.7. The highest BCUT2D eigenvalue weighted by atomic mass is 79.9. The van der Waals surface area contributed by atoms with Crippen LogP contribution in [0.25, 0.3) is 11.0 Å². The molecule has 0 radical (unpaired) electrons. The van der Waals surface area contributed by atoms with Crippen molar-refractivity contribution in [3.63, 3.8) is 0 Å². The molecule has 5 nitrogen and oxygen atoms in total. The Bertz CT molecular complexity index is 1070. The Hall–Kier alpha value is -2.64. The number of para-hydroxylation sites is 2. The van der Waals surface area contributed by atoms with Crippen molar-refractivity contribution in [1.29, 1.82) is 0 Å². The molecule has 0 fully saturated rings. The molecule has 28 heavy (non-hydrogen) atoms. The van der Waals surface area contributed by atoms with Gasteiger partial charge in [0.25, 0.3) is 0 Å². The molecule has 0 spiro atoms. The zero-order chi connectivity index (χ0) is 19.3. The number of nitrogens with zero attached hydrogens (tertiary/aromatic N) is 2. The van der Waals surface area contributed by atoms with Gasteiger partial charge < -0.3 is 9.72 Å². The van der Waals surface area contributed by atoms with Crippen molar-refractivity contribution in [1.82, 2.24) is 9.97 Å². The first-order valence-electron chi connectivity index (χ1n) is 8.58. The van der Waals surface area contributed by atoms with Gasteiger partial charge in [0.05, 0.1) is 26.2 Å². The van der Waals surface area contributed by atoms with Crippen LogP contribution in [-0.4, -0.2) is 16.2 Å². The number of hydrazone groups is 1. The van der Waals surface area contributed by atoms with Crippen LogP contribution in [0.5, 0.6) is 5.75 Å². The minimum atomic E-state index is 0.499. The molecule has 7 heteroatoms. The van der Waals surface area contributed by atoms with Crippen LogP contribution in [0.3, 0.4) is 0 Å². The van der Waals surface area contributed by atoms with Crippen LogP contribution in [0.2, 0.25) is 0 Å². The third-order valence-corrected chi connectivity index (χ3v) is 5.20. The SMILES string of the molecule is Brc1cc(/C=N/Nc2nc3ccccc3[nH]2)cc(Br)c1OCc1ccccc1. The van der Waals surface area contributed by atoms with Gasteiger partial charge in [-0.15, -0.1) is 0 Å². The number of rotatable bonds is 6. The van der Waals surface area contributed by atoms with Gasteiger partial charge in [-0.05, 0) is 67.3 Å². The number of aromatic nitrogens is 2. The highest BCUT2D eigenvalue weighted by Crippen LogP contribution is 2.35. The van der Waals surface area contributed by atoms with E-state index in [9.17, 15) is 0 Å². The van der Waals surface area contributed by atoms with E-state index >= 15 is 0 Å². The Morgan fingerprint density at radius 1 is 1.00 bits per heavy atom. The van der Waals surface area contributed by atoms with Gasteiger partial charge in [0, 0.05) is 0 Å². The summed E-state index contributed by atoms with van der Waals surface area (Å²) in [5.74, 6) is 1.35. The lowest BCUT2D eigenvalue weighted by atomic mass is 10.2. The quantitative estimate of drug-likeness (QED) is 0.248. The molecule has 0 atom stereocenters. The summed E-state index contributed by atoms with van der Waals surface area (Å²) in [6.07, 6.45) is 1.73. The molecule has 0 aliphatic rings. The summed E-state index contributed by atoms with van der Waals surface area (Å²) in [5.41, 5.74) is 6.81. The number of fused-ring (bicyclic) bond motifs is 1. The van der Waals surface area contributed by atoms with Crippen molar-refractivity contribution >= 4 is 55.1 Å². The number of aromatic amines is 1. The molecule has 0 amide bonds. The van der Waals surface area contributed by atoms with Gasteiger partial charge in [0.15, 0.2) is 0 Å². The van der Waals surface area contributed by atoms with Gasteiger partial charge >= 0.3 is 0 Å². The van der Waals surface area contributed by atoms with Gasteiger partial charge in [0.1, 0.15) is 12.4 Å². The number of benzene rings is 3. The second kappa shape index (κ2) is 8.58. The van der Waals surface area contributed by atoms with Crippen LogP contribution >= 0.6 is 31.9 Å². The van der Waals surface area contributed by atoms with Gasteiger partial charge in [-0.2, -0.15) is 5.10 Å². The fourth-order valence-electron chi connectivity index (χ4n) is 2.70. The average molecular weight is 500 g/mol. The summed E-state index contributed by atoms with van der Waals surface area (Å²) in [6.45, 7) is 0.499. The number of imidazole rings is 1. The van der Waals surface area contributed by atoms with Crippen LogP contribution in [0, 0.1) is 0 Å². The number of nitrogens with one attached hydrogen (secondary N) is 2. The third kappa shape index (κ3) is 4.43. The summed E-state index contributed by atoms with van der Waals surface area (Å²) in [4.78, 5) is 7.60. The highest BCUT2D eigenvalue weighted by molar-refractivity contribution is 9.11. The Labute approximate surface area is 179 Å².